The number of pyridine rings is 1. The topological polar surface area (TPSA) is 142 Å². The quantitative estimate of drug-likeness (QED) is 0.370. The maximum Gasteiger partial charge on any atom is 0.315 e. The lowest BCUT2D eigenvalue weighted by atomic mass is 9.97. The van der Waals surface area contributed by atoms with Crippen LogP contribution in [0.3, 0.4) is 0 Å². The van der Waals surface area contributed by atoms with E-state index in [4.69, 9.17) is 33.4 Å². The summed E-state index contributed by atoms with van der Waals surface area (Å²) in [6, 6.07) is 4.32. The summed E-state index contributed by atoms with van der Waals surface area (Å²) in [5.74, 6) is 1.00. The number of nitrogens with one attached hydrogen (secondary N) is 1. The van der Waals surface area contributed by atoms with Gasteiger partial charge in [0.15, 0.2) is 11.0 Å². The van der Waals surface area contributed by atoms with Gasteiger partial charge in [-0.15, -0.1) is 5.10 Å². The number of likely N-dealkylation sites (tertiary alicyclic amines) is 1. The summed E-state index contributed by atoms with van der Waals surface area (Å²) in [4.78, 5) is 32.8. The molecule has 3 N–H and O–H groups in total. The monoisotopic (exact) mass is 588 g/mol. The summed E-state index contributed by atoms with van der Waals surface area (Å²) in [7, 11) is 0. The summed E-state index contributed by atoms with van der Waals surface area (Å²) in [6.45, 7) is 8.79. The summed E-state index contributed by atoms with van der Waals surface area (Å²) in [6.07, 6.45) is 5.36. The van der Waals surface area contributed by atoms with Gasteiger partial charge in [-0.25, -0.2) is 15.0 Å². The Morgan fingerprint density at radius 3 is 2.62 bits per heavy atom. The number of hydrogen-bond donors (Lipinski definition) is 2. The predicted molar refractivity (Wildman–Crippen MR) is 155 cm³/mol. The van der Waals surface area contributed by atoms with E-state index in [0.29, 0.717) is 53.4 Å². The Bertz CT molecular complexity index is 1330. The highest BCUT2D eigenvalue weighted by Gasteiger charge is 2.35. The number of hydrogen-bond acceptors (Lipinski definition) is 11. The molecule has 0 spiro atoms. The van der Waals surface area contributed by atoms with Gasteiger partial charge in [-0.1, -0.05) is 42.1 Å². The molecule has 0 saturated carbocycles. The third-order valence-electron chi connectivity index (χ3n) is 7.52. The molecule has 2 aliphatic heterocycles. The number of carbonyl (C=O) groups is 1. The number of anilines is 3. The fraction of sp³-hybridized carbons (Fsp3) is 0.538. The average Bonchev–Trinajstić information content (AvgIpc) is 3.44. The molecule has 3 aromatic heterocycles. The van der Waals surface area contributed by atoms with E-state index in [2.05, 4.69) is 54.1 Å². The van der Waals surface area contributed by atoms with E-state index in [9.17, 15) is 4.79 Å². The zero-order valence-corrected chi connectivity index (χ0v) is 24.2. The van der Waals surface area contributed by atoms with Crippen molar-refractivity contribution in [1.29, 1.82) is 0 Å². The maximum absolute atomic E-state index is 13.0. The Balaban J connectivity index is 1.19. The number of nitrogens with zero attached hydrogens (tertiary/aromatic N) is 8. The molecule has 1 amide bonds. The summed E-state index contributed by atoms with van der Waals surface area (Å²) in [5.41, 5.74) is 6.79. The third-order valence-corrected chi connectivity index (χ3v) is 7.99. The summed E-state index contributed by atoms with van der Waals surface area (Å²) < 4.78 is 5.63. The number of nitrogens with two attached hydrogens (primary N) is 1. The number of piperazine rings is 1. The first-order valence-electron chi connectivity index (χ1n) is 13.7. The molecule has 5 heterocycles. The van der Waals surface area contributed by atoms with Gasteiger partial charge in [-0.2, -0.15) is 0 Å². The smallest absolute Gasteiger partial charge is 0.315 e. The van der Waals surface area contributed by atoms with Gasteiger partial charge in [-0.05, 0) is 37.8 Å². The molecule has 2 aliphatic rings. The zero-order valence-electron chi connectivity index (χ0n) is 22.7. The number of amides is 1. The van der Waals surface area contributed by atoms with E-state index < -0.39 is 0 Å². The van der Waals surface area contributed by atoms with Crippen molar-refractivity contribution in [3.05, 3.63) is 34.2 Å². The molecule has 0 unspecified atom stereocenters. The molecule has 2 fully saturated rings. The van der Waals surface area contributed by atoms with E-state index in [0.717, 1.165) is 51.9 Å². The Labute approximate surface area is 243 Å². The van der Waals surface area contributed by atoms with Crippen molar-refractivity contribution < 1.29 is 9.21 Å². The van der Waals surface area contributed by atoms with E-state index in [1.807, 2.05) is 4.90 Å². The molecular formula is C26H34Cl2N10O2. The molecule has 214 valence electrons. The van der Waals surface area contributed by atoms with Gasteiger partial charge in [0.1, 0.15) is 16.7 Å². The van der Waals surface area contributed by atoms with Gasteiger partial charge in [0.2, 0.25) is 0 Å². The fourth-order valence-electron chi connectivity index (χ4n) is 5.41. The largest absolute Gasteiger partial charge is 0.402 e. The zero-order chi connectivity index (χ0) is 28.2. The van der Waals surface area contributed by atoms with Crippen molar-refractivity contribution in [2.24, 2.45) is 0 Å². The van der Waals surface area contributed by atoms with Crippen LogP contribution < -0.4 is 16.0 Å². The van der Waals surface area contributed by atoms with Gasteiger partial charge >= 0.3 is 6.01 Å². The van der Waals surface area contributed by atoms with Crippen molar-refractivity contribution in [3.63, 3.8) is 0 Å². The second kappa shape index (κ2) is 12.5. The minimum atomic E-state index is -0.0948. The minimum Gasteiger partial charge on any atom is -0.402 e. The van der Waals surface area contributed by atoms with Gasteiger partial charge in [0.25, 0.3) is 11.8 Å². The molecule has 0 aromatic carbocycles. The van der Waals surface area contributed by atoms with E-state index >= 15 is 0 Å². The number of piperidine rings is 1. The molecule has 12 nitrogen and oxygen atoms in total. The number of aromatic nitrogens is 5. The lowest BCUT2D eigenvalue weighted by molar-refractivity contribution is 0.0491. The highest BCUT2D eigenvalue weighted by Crippen LogP contribution is 2.30. The van der Waals surface area contributed by atoms with Crippen LogP contribution in [0.1, 0.15) is 49.9 Å². The van der Waals surface area contributed by atoms with E-state index in [-0.39, 0.29) is 22.8 Å². The lowest BCUT2D eigenvalue weighted by Gasteiger charge is -2.47. The number of carbonyl (C=O) groups excluding carboxylic acids is 1. The molecule has 14 heteroatoms. The second-order valence-corrected chi connectivity index (χ2v) is 10.8. The number of rotatable bonds is 8. The number of nitrogen functional groups attached to an aromatic ring is 1. The van der Waals surface area contributed by atoms with Crippen LogP contribution >= 0.6 is 23.2 Å². The minimum absolute atomic E-state index is 0.0948. The molecule has 3 aromatic rings. The third kappa shape index (κ3) is 6.08. The Morgan fingerprint density at radius 1 is 1.12 bits per heavy atom. The van der Waals surface area contributed by atoms with Crippen LogP contribution in [0.4, 0.5) is 17.7 Å². The van der Waals surface area contributed by atoms with E-state index in [1.165, 1.54) is 0 Å². The Hall–Kier alpha value is -3.22. The van der Waals surface area contributed by atoms with Crippen LogP contribution in [0.15, 0.2) is 22.7 Å². The highest BCUT2D eigenvalue weighted by molar-refractivity contribution is 6.31. The van der Waals surface area contributed by atoms with Gasteiger partial charge < -0.3 is 25.3 Å². The summed E-state index contributed by atoms with van der Waals surface area (Å²) in [5, 5.41) is 11.7. The molecule has 0 aliphatic carbocycles. The fourth-order valence-corrected chi connectivity index (χ4v) is 5.83. The van der Waals surface area contributed by atoms with E-state index in [1.54, 1.807) is 18.3 Å². The molecule has 0 radical (unpaired) electrons. The average molecular weight is 590 g/mol. The van der Waals surface area contributed by atoms with Crippen LogP contribution in [0, 0.1) is 0 Å². The highest BCUT2D eigenvalue weighted by atomic mass is 35.5. The van der Waals surface area contributed by atoms with Crippen molar-refractivity contribution in [1.82, 2.24) is 34.9 Å². The first-order chi connectivity index (χ1) is 19.4. The van der Waals surface area contributed by atoms with Crippen molar-refractivity contribution in [2.45, 2.75) is 51.6 Å². The maximum atomic E-state index is 13.0. The van der Waals surface area contributed by atoms with Crippen molar-refractivity contribution >= 4 is 46.8 Å². The van der Waals surface area contributed by atoms with Crippen LogP contribution in [-0.4, -0.2) is 92.2 Å². The summed E-state index contributed by atoms with van der Waals surface area (Å²) >= 11 is 12.5. The van der Waals surface area contributed by atoms with Crippen molar-refractivity contribution in [2.75, 3.05) is 55.2 Å². The normalized spacial score (nSPS) is 18.8. The van der Waals surface area contributed by atoms with Crippen molar-refractivity contribution in [3.8, 4) is 11.6 Å². The number of halogens is 2. The molecule has 40 heavy (non-hydrogen) atoms. The molecule has 1 atom stereocenters. The Morgan fingerprint density at radius 2 is 1.93 bits per heavy atom. The van der Waals surface area contributed by atoms with Gasteiger partial charge in [-0.3, -0.25) is 9.69 Å². The Kier molecular flexibility index (Phi) is 8.87. The molecular weight excluding hydrogens is 555 g/mol. The first-order valence-corrected chi connectivity index (χ1v) is 14.5. The van der Waals surface area contributed by atoms with Gasteiger partial charge in [0.05, 0.1) is 11.8 Å². The lowest BCUT2D eigenvalue weighted by Crippen LogP contribution is -2.58. The molecule has 5 rings (SSSR count). The first kappa shape index (κ1) is 28.3. The van der Waals surface area contributed by atoms with Crippen LogP contribution in [-0.2, 0) is 0 Å². The molecule has 0 bridgehead atoms. The SMILES string of the molecule is CCCNc1nnc(-c2cnc(N3CCN(C4CCN(C(=O)c5ccc(Cl)nc5N)CC4)[C@@H](CC)C3)c(Cl)n2)o1. The standard InChI is InChI=1S/C26H34Cl2N10O2/c1-3-9-30-26-35-34-24(40-26)19-14-31-23(21(28)32-19)37-12-13-38(16(4-2)15-37)17-7-10-36(11-8-17)25(39)18-5-6-20(27)33-22(18)29/h5-6,14,16-17H,3-4,7-13,15H2,1-2H3,(H2,29,33)(H,30,35)/t16-/m0/s1. The van der Waals surface area contributed by atoms with Crippen LogP contribution in [0.5, 0.6) is 0 Å². The van der Waals surface area contributed by atoms with Crippen LogP contribution in [0.2, 0.25) is 10.3 Å². The van der Waals surface area contributed by atoms with Gasteiger partial charge in [0, 0.05) is 51.4 Å². The van der Waals surface area contributed by atoms with Crippen LogP contribution in [0.25, 0.3) is 11.6 Å². The molecule has 2 saturated heterocycles. The predicted octanol–water partition coefficient (Wildman–Crippen LogP) is 3.84. The second-order valence-electron chi connectivity index (χ2n) is 10.0.